The van der Waals surface area contributed by atoms with Crippen molar-refractivity contribution in [2.24, 2.45) is 0 Å². The Bertz CT molecular complexity index is 346. The molecule has 16 heavy (non-hydrogen) atoms. The Morgan fingerprint density at radius 3 is 2.62 bits per heavy atom. The third-order valence-electron chi connectivity index (χ3n) is 3.09. The van der Waals surface area contributed by atoms with Crippen molar-refractivity contribution in [3.05, 3.63) is 28.8 Å². The van der Waals surface area contributed by atoms with Crippen LogP contribution < -0.4 is 10.2 Å². The normalized spacial score (nSPS) is 16.5. The van der Waals surface area contributed by atoms with Crippen molar-refractivity contribution in [3.63, 3.8) is 0 Å². The summed E-state index contributed by atoms with van der Waals surface area (Å²) in [6.07, 6.45) is 3.93. The van der Waals surface area contributed by atoms with Gasteiger partial charge in [0.2, 0.25) is 0 Å². The second-order valence-electron chi connectivity index (χ2n) is 4.36. The van der Waals surface area contributed by atoms with E-state index in [9.17, 15) is 0 Å². The minimum atomic E-state index is 0.875. The summed E-state index contributed by atoms with van der Waals surface area (Å²) in [7, 11) is 1.95. The van der Waals surface area contributed by atoms with Crippen molar-refractivity contribution in [3.8, 4) is 0 Å². The summed E-state index contributed by atoms with van der Waals surface area (Å²) in [5.41, 5.74) is 2.44. The first kappa shape index (κ1) is 11.7. The fourth-order valence-electron chi connectivity index (χ4n) is 2.26. The lowest BCUT2D eigenvalue weighted by atomic mass is 10.1. The van der Waals surface area contributed by atoms with Crippen LogP contribution in [0.3, 0.4) is 0 Å². The lowest BCUT2D eigenvalue weighted by Gasteiger charge is -2.29. The van der Waals surface area contributed by atoms with Crippen molar-refractivity contribution in [1.29, 1.82) is 0 Å². The summed E-state index contributed by atoms with van der Waals surface area (Å²) in [5.74, 6) is 0. The number of nitrogens with one attached hydrogen (secondary N) is 1. The average Bonchev–Trinajstić information content (AvgIpc) is 2.31. The molecule has 0 saturated carbocycles. The summed E-state index contributed by atoms with van der Waals surface area (Å²) < 4.78 is 0. The molecular formula is C13H19ClN2. The van der Waals surface area contributed by atoms with Crippen LogP contribution in [0.5, 0.6) is 0 Å². The Morgan fingerprint density at radius 1 is 1.25 bits per heavy atom. The fraction of sp³-hybridized carbons (Fsp3) is 0.538. The van der Waals surface area contributed by atoms with E-state index in [2.05, 4.69) is 28.4 Å². The monoisotopic (exact) mass is 238 g/mol. The maximum atomic E-state index is 6.33. The van der Waals surface area contributed by atoms with Crippen LogP contribution in [-0.2, 0) is 6.54 Å². The topological polar surface area (TPSA) is 15.3 Å². The Kier molecular flexibility index (Phi) is 4.08. The van der Waals surface area contributed by atoms with E-state index in [-0.39, 0.29) is 0 Å². The molecule has 0 amide bonds. The van der Waals surface area contributed by atoms with E-state index in [1.165, 1.54) is 30.5 Å². The highest BCUT2D eigenvalue weighted by molar-refractivity contribution is 6.33. The van der Waals surface area contributed by atoms with Crippen LogP contribution in [0.4, 0.5) is 5.69 Å². The molecule has 0 unspecified atom stereocenters. The first-order valence-corrected chi connectivity index (χ1v) is 6.37. The van der Waals surface area contributed by atoms with Crippen molar-refractivity contribution < 1.29 is 0 Å². The molecule has 2 nitrogen and oxygen atoms in total. The third-order valence-corrected chi connectivity index (χ3v) is 3.39. The second kappa shape index (κ2) is 5.55. The number of nitrogens with zero attached hydrogens (tertiary/aromatic N) is 1. The largest absolute Gasteiger partial charge is 0.370 e. The quantitative estimate of drug-likeness (QED) is 0.871. The Hall–Kier alpha value is -0.730. The number of piperidine rings is 1. The van der Waals surface area contributed by atoms with E-state index >= 15 is 0 Å². The van der Waals surface area contributed by atoms with Gasteiger partial charge in [-0.05, 0) is 44.0 Å². The molecule has 3 heteroatoms. The third kappa shape index (κ3) is 2.69. The smallest absolute Gasteiger partial charge is 0.0642 e. The van der Waals surface area contributed by atoms with E-state index < -0.39 is 0 Å². The summed E-state index contributed by atoms with van der Waals surface area (Å²) in [5, 5.41) is 4.02. The molecule has 1 aliphatic heterocycles. The van der Waals surface area contributed by atoms with Gasteiger partial charge in [-0.3, -0.25) is 0 Å². The minimum absolute atomic E-state index is 0.875. The van der Waals surface area contributed by atoms with E-state index in [0.717, 1.165) is 24.7 Å². The first-order chi connectivity index (χ1) is 7.81. The molecule has 1 saturated heterocycles. The molecule has 1 aromatic carbocycles. The van der Waals surface area contributed by atoms with Gasteiger partial charge in [-0.15, -0.1) is 0 Å². The van der Waals surface area contributed by atoms with Crippen LogP contribution >= 0.6 is 11.6 Å². The number of hydrogen-bond acceptors (Lipinski definition) is 2. The SMILES string of the molecule is CNCc1ccc(N2CCCCC2)c(Cl)c1. The molecule has 0 aromatic heterocycles. The average molecular weight is 239 g/mol. The standard InChI is InChI=1S/C13H19ClN2/c1-15-10-11-5-6-13(12(14)9-11)16-7-3-2-4-8-16/h5-6,9,15H,2-4,7-8,10H2,1H3. The molecular weight excluding hydrogens is 220 g/mol. The van der Waals surface area contributed by atoms with E-state index in [1.807, 2.05) is 7.05 Å². The number of halogens is 1. The number of anilines is 1. The Balaban J connectivity index is 2.14. The van der Waals surface area contributed by atoms with Gasteiger partial charge < -0.3 is 10.2 Å². The van der Waals surface area contributed by atoms with Gasteiger partial charge in [0.15, 0.2) is 0 Å². The van der Waals surface area contributed by atoms with Crippen LogP contribution in [0.25, 0.3) is 0 Å². The lowest BCUT2D eigenvalue weighted by Crippen LogP contribution is -2.29. The highest BCUT2D eigenvalue weighted by Crippen LogP contribution is 2.29. The zero-order chi connectivity index (χ0) is 11.4. The van der Waals surface area contributed by atoms with E-state index in [4.69, 9.17) is 11.6 Å². The predicted octanol–water partition coefficient (Wildman–Crippen LogP) is 3.05. The molecule has 1 aromatic rings. The molecule has 0 atom stereocenters. The summed E-state index contributed by atoms with van der Waals surface area (Å²) in [6, 6.07) is 6.38. The summed E-state index contributed by atoms with van der Waals surface area (Å²) >= 11 is 6.33. The molecule has 1 N–H and O–H groups in total. The van der Waals surface area contributed by atoms with Gasteiger partial charge >= 0.3 is 0 Å². The van der Waals surface area contributed by atoms with E-state index in [0.29, 0.717) is 0 Å². The molecule has 1 aliphatic rings. The van der Waals surface area contributed by atoms with Gasteiger partial charge in [0.25, 0.3) is 0 Å². The van der Waals surface area contributed by atoms with Gasteiger partial charge in [0, 0.05) is 19.6 Å². The second-order valence-corrected chi connectivity index (χ2v) is 4.77. The Morgan fingerprint density at radius 2 is 2.00 bits per heavy atom. The summed E-state index contributed by atoms with van der Waals surface area (Å²) in [4.78, 5) is 2.40. The molecule has 0 aliphatic carbocycles. The van der Waals surface area contributed by atoms with Crippen LogP contribution in [0.15, 0.2) is 18.2 Å². The molecule has 0 spiro atoms. The highest BCUT2D eigenvalue weighted by atomic mass is 35.5. The maximum absolute atomic E-state index is 6.33. The number of hydrogen-bond donors (Lipinski definition) is 1. The van der Waals surface area contributed by atoms with Gasteiger partial charge in [-0.25, -0.2) is 0 Å². The molecule has 0 bridgehead atoms. The molecule has 1 fully saturated rings. The van der Waals surface area contributed by atoms with Crippen molar-refractivity contribution in [1.82, 2.24) is 5.32 Å². The van der Waals surface area contributed by atoms with Crippen molar-refractivity contribution in [2.75, 3.05) is 25.0 Å². The van der Waals surface area contributed by atoms with Crippen LogP contribution in [0.2, 0.25) is 5.02 Å². The van der Waals surface area contributed by atoms with Crippen molar-refractivity contribution >= 4 is 17.3 Å². The molecule has 0 radical (unpaired) electrons. The van der Waals surface area contributed by atoms with Crippen molar-refractivity contribution in [2.45, 2.75) is 25.8 Å². The fourth-order valence-corrected chi connectivity index (χ4v) is 2.58. The lowest BCUT2D eigenvalue weighted by molar-refractivity contribution is 0.578. The Labute approximate surface area is 103 Å². The number of rotatable bonds is 3. The van der Waals surface area contributed by atoms with Gasteiger partial charge in [-0.2, -0.15) is 0 Å². The molecule has 88 valence electrons. The van der Waals surface area contributed by atoms with E-state index in [1.54, 1.807) is 0 Å². The minimum Gasteiger partial charge on any atom is -0.370 e. The first-order valence-electron chi connectivity index (χ1n) is 5.99. The molecule has 1 heterocycles. The zero-order valence-corrected chi connectivity index (χ0v) is 10.6. The summed E-state index contributed by atoms with van der Waals surface area (Å²) in [6.45, 7) is 3.16. The molecule has 2 rings (SSSR count). The van der Waals surface area contributed by atoms with Crippen LogP contribution in [0.1, 0.15) is 24.8 Å². The van der Waals surface area contributed by atoms with Gasteiger partial charge in [-0.1, -0.05) is 17.7 Å². The van der Waals surface area contributed by atoms with Gasteiger partial charge in [0.05, 0.1) is 10.7 Å². The predicted molar refractivity (Wildman–Crippen MR) is 70.3 cm³/mol. The van der Waals surface area contributed by atoms with Crippen LogP contribution in [-0.4, -0.2) is 20.1 Å². The van der Waals surface area contributed by atoms with Crippen LogP contribution in [0, 0.1) is 0 Å². The highest BCUT2D eigenvalue weighted by Gasteiger charge is 2.13. The zero-order valence-electron chi connectivity index (χ0n) is 9.80. The maximum Gasteiger partial charge on any atom is 0.0642 e. The van der Waals surface area contributed by atoms with Gasteiger partial charge in [0.1, 0.15) is 0 Å². The number of benzene rings is 1.